The molecule has 0 spiro atoms. The van der Waals surface area contributed by atoms with Gasteiger partial charge in [-0.25, -0.2) is 0 Å². The number of benzene rings is 1. The van der Waals surface area contributed by atoms with Crippen molar-refractivity contribution >= 4 is 17.7 Å². The number of aryl methyl sites for hydroxylation is 1. The molecule has 0 bridgehead atoms. The van der Waals surface area contributed by atoms with Gasteiger partial charge in [0.1, 0.15) is 0 Å². The highest BCUT2D eigenvalue weighted by atomic mass is 32.2. The van der Waals surface area contributed by atoms with Gasteiger partial charge in [0.2, 0.25) is 11.8 Å². The molecule has 0 saturated heterocycles. The molecule has 0 atom stereocenters. The molecule has 1 saturated carbocycles. The summed E-state index contributed by atoms with van der Waals surface area (Å²) in [5, 5.41) is 13.4. The summed E-state index contributed by atoms with van der Waals surface area (Å²) in [5.41, 5.74) is 1.60. The summed E-state index contributed by atoms with van der Waals surface area (Å²) >= 11 is 1.16. The molecule has 1 aliphatic carbocycles. The molecular weight excluding hydrogens is 362 g/mol. The zero-order chi connectivity index (χ0) is 19.4. The van der Waals surface area contributed by atoms with Crippen LogP contribution in [0, 0.1) is 13.8 Å². The second kappa shape index (κ2) is 8.61. The molecule has 3 rings (SSSR count). The highest BCUT2D eigenvalue weighted by molar-refractivity contribution is 7.99. The Kier molecular flexibility index (Phi) is 6.21. The fourth-order valence-electron chi connectivity index (χ4n) is 3.24. The Morgan fingerprint density at radius 2 is 1.89 bits per heavy atom. The predicted octanol–water partition coefficient (Wildman–Crippen LogP) is 3.10. The molecule has 1 heterocycles. The first kappa shape index (κ1) is 19.5. The van der Waals surface area contributed by atoms with E-state index in [4.69, 9.17) is 0 Å². The van der Waals surface area contributed by atoms with E-state index in [-0.39, 0.29) is 34.7 Å². The molecule has 6 nitrogen and oxygen atoms in total. The third-order valence-electron chi connectivity index (χ3n) is 4.85. The Morgan fingerprint density at radius 1 is 1.22 bits per heavy atom. The van der Waals surface area contributed by atoms with Gasteiger partial charge in [-0.15, -0.1) is 0 Å². The van der Waals surface area contributed by atoms with Gasteiger partial charge in [-0.2, -0.15) is 4.98 Å². The first-order valence-electron chi connectivity index (χ1n) is 9.27. The van der Waals surface area contributed by atoms with Gasteiger partial charge in [-0.3, -0.25) is 14.2 Å². The molecule has 2 N–H and O–H groups in total. The SMILES string of the molecule is Cc1ccc(-n2c(SCC(=O)NC3CCCCC3)nc(O)c(C)c2=O)cc1. The van der Waals surface area contributed by atoms with Crippen LogP contribution in [-0.4, -0.2) is 32.4 Å². The first-order chi connectivity index (χ1) is 13.0. The smallest absolute Gasteiger partial charge is 0.265 e. The lowest BCUT2D eigenvalue weighted by molar-refractivity contribution is -0.119. The standard InChI is InChI=1S/C20H25N3O3S/c1-13-8-10-16(11-9-13)23-19(26)14(2)18(25)22-20(23)27-12-17(24)21-15-6-4-3-5-7-15/h8-11,15,25H,3-7,12H2,1-2H3,(H,21,24). The van der Waals surface area contributed by atoms with Crippen LogP contribution in [0.4, 0.5) is 0 Å². The highest BCUT2D eigenvalue weighted by Gasteiger charge is 2.19. The predicted molar refractivity (Wildman–Crippen MR) is 107 cm³/mol. The van der Waals surface area contributed by atoms with Gasteiger partial charge >= 0.3 is 0 Å². The number of rotatable bonds is 5. The minimum Gasteiger partial charge on any atom is -0.493 e. The van der Waals surface area contributed by atoms with Crippen molar-refractivity contribution < 1.29 is 9.90 Å². The number of carbonyl (C=O) groups is 1. The molecule has 0 unspecified atom stereocenters. The van der Waals surface area contributed by atoms with Crippen LogP contribution in [0.2, 0.25) is 0 Å². The van der Waals surface area contributed by atoms with Crippen LogP contribution in [0.1, 0.15) is 43.2 Å². The van der Waals surface area contributed by atoms with E-state index in [9.17, 15) is 14.7 Å². The van der Waals surface area contributed by atoms with E-state index in [0.717, 1.165) is 43.0 Å². The highest BCUT2D eigenvalue weighted by Crippen LogP contribution is 2.23. The Hall–Kier alpha value is -2.28. The maximum atomic E-state index is 12.7. The monoisotopic (exact) mass is 387 g/mol. The molecule has 1 aromatic heterocycles. The zero-order valence-corrected chi connectivity index (χ0v) is 16.5. The van der Waals surface area contributed by atoms with Crippen molar-refractivity contribution in [3.8, 4) is 11.6 Å². The molecule has 1 fully saturated rings. The molecule has 1 amide bonds. The van der Waals surface area contributed by atoms with E-state index in [1.54, 1.807) is 6.92 Å². The minimum atomic E-state index is -0.332. The number of carbonyl (C=O) groups excluding carboxylic acids is 1. The molecule has 1 aliphatic rings. The number of nitrogens with one attached hydrogen (secondary N) is 1. The van der Waals surface area contributed by atoms with Crippen LogP contribution in [0.25, 0.3) is 5.69 Å². The van der Waals surface area contributed by atoms with Crippen molar-refractivity contribution in [2.24, 2.45) is 0 Å². The van der Waals surface area contributed by atoms with Crippen molar-refractivity contribution in [1.29, 1.82) is 0 Å². The van der Waals surface area contributed by atoms with Gasteiger partial charge in [0, 0.05) is 6.04 Å². The molecule has 1 aromatic carbocycles. The average Bonchev–Trinajstić information content (AvgIpc) is 2.66. The third kappa shape index (κ3) is 4.71. The topological polar surface area (TPSA) is 84.2 Å². The Bertz CT molecular complexity index is 871. The number of amides is 1. The molecule has 2 aromatic rings. The van der Waals surface area contributed by atoms with E-state index in [0.29, 0.717) is 10.8 Å². The molecular formula is C20H25N3O3S. The zero-order valence-electron chi connectivity index (χ0n) is 15.7. The minimum absolute atomic E-state index is 0.0725. The molecule has 27 heavy (non-hydrogen) atoms. The lowest BCUT2D eigenvalue weighted by Gasteiger charge is -2.22. The lowest BCUT2D eigenvalue weighted by Crippen LogP contribution is -2.37. The number of thioether (sulfide) groups is 1. The van der Waals surface area contributed by atoms with E-state index in [1.165, 1.54) is 11.0 Å². The number of aromatic hydroxyl groups is 1. The summed E-state index contributed by atoms with van der Waals surface area (Å²) < 4.78 is 1.45. The Balaban J connectivity index is 1.80. The van der Waals surface area contributed by atoms with Crippen molar-refractivity contribution in [2.45, 2.75) is 57.1 Å². The normalized spacial score (nSPS) is 14.9. The van der Waals surface area contributed by atoms with Crippen LogP contribution >= 0.6 is 11.8 Å². The molecule has 144 valence electrons. The van der Waals surface area contributed by atoms with Crippen LogP contribution in [-0.2, 0) is 4.79 Å². The second-order valence-electron chi connectivity index (χ2n) is 7.01. The van der Waals surface area contributed by atoms with Gasteiger partial charge in [0.15, 0.2) is 5.16 Å². The Labute approximate surface area is 163 Å². The lowest BCUT2D eigenvalue weighted by atomic mass is 9.95. The maximum absolute atomic E-state index is 12.7. The largest absolute Gasteiger partial charge is 0.493 e. The first-order valence-corrected chi connectivity index (χ1v) is 10.3. The van der Waals surface area contributed by atoms with Crippen molar-refractivity contribution in [3.05, 3.63) is 45.7 Å². The summed E-state index contributed by atoms with van der Waals surface area (Å²) in [7, 11) is 0. The fraction of sp³-hybridized carbons (Fsp3) is 0.450. The van der Waals surface area contributed by atoms with Crippen molar-refractivity contribution in [2.75, 3.05) is 5.75 Å². The number of nitrogens with zero attached hydrogens (tertiary/aromatic N) is 2. The van der Waals surface area contributed by atoms with Gasteiger partial charge in [-0.1, -0.05) is 48.7 Å². The molecule has 0 radical (unpaired) electrons. The molecule has 0 aliphatic heterocycles. The quantitative estimate of drug-likeness (QED) is 0.608. The van der Waals surface area contributed by atoms with E-state index in [2.05, 4.69) is 10.3 Å². The van der Waals surface area contributed by atoms with Crippen molar-refractivity contribution in [1.82, 2.24) is 14.9 Å². The van der Waals surface area contributed by atoms with E-state index < -0.39 is 0 Å². The summed E-state index contributed by atoms with van der Waals surface area (Å²) in [6, 6.07) is 7.73. The fourth-order valence-corrected chi connectivity index (χ4v) is 4.05. The summed E-state index contributed by atoms with van der Waals surface area (Å²) in [6.07, 6.45) is 5.58. The third-order valence-corrected chi connectivity index (χ3v) is 5.79. The number of hydrogen-bond acceptors (Lipinski definition) is 5. The van der Waals surface area contributed by atoms with Crippen molar-refractivity contribution in [3.63, 3.8) is 0 Å². The number of hydrogen-bond donors (Lipinski definition) is 2. The second-order valence-corrected chi connectivity index (χ2v) is 7.95. The van der Waals surface area contributed by atoms with Crippen LogP contribution in [0.3, 0.4) is 0 Å². The maximum Gasteiger partial charge on any atom is 0.265 e. The summed E-state index contributed by atoms with van der Waals surface area (Å²) in [5.74, 6) is -0.215. The Morgan fingerprint density at radius 3 is 2.56 bits per heavy atom. The van der Waals surface area contributed by atoms with Gasteiger partial charge in [0.25, 0.3) is 5.56 Å². The number of aromatic nitrogens is 2. The average molecular weight is 388 g/mol. The summed E-state index contributed by atoms with van der Waals surface area (Å²) in [6.45, 7) is 3.51. The summed E-state index contributed by atoms with van der Waals surface area (Å²) in [4.78, 5) is 29.2. The van der Waals surface area contributed by atoms with E-state index >= 15 is 0 Å². The van der Waals surface area contributed by atoms with Gasteiger partial charge in [-0.05, 0) is 38.8 Å². The van der Waals surface area contributed by atoms with Gasteiger partial charge in [0.05, 0.1) is 17.0 Å². The van der Waals surface area contributed by atoms with E-state index in [1.807, 2.05) is 31.2 Å². The van der Waals surface area contributed by atoms with Crippen LogP contribution < -0.4 is 10.9 Å². The molecule has 7 heteroatoms. The van der Waals surface area contributed by atoms with Gasteiger partial charge < -0.3 is 10.4 Å². The van der Waals surface area contributed by atoms with Crippen LogP contribution in [0.15, 0.2) is 34.2 Å². The van der Waals surface area contributed by atoms with Crippen LogP contribution in [0.5, 0.6) is 5.88 Å².